The Balaban J connectivity index is 2.39. The average Bonchev–Trinajstić information content (AvgIpc) is 2.63. The number of nitrogens with two attached hydrogens (primary N) is 1. The van der Waals surface area contributed by atoms with Crippen LogP contribution in [0.4, 0.5) is 0 Å². The van der Waals surface area contributed by atoms with Gasteiger partial charge in [0.25, 0.3) is 0 Å². The highest BCUT2D eigenvalue weighted by Gasteiger charge is 2.12. The number of rotatable bonds is 3. The molecule has 0 radical (unpaired) electrons. The summed E-state index contributed by atoms with van der Waals surface area (Å²) >= 11 is 0. The second-order valence-electron chi connectivity index (χ2n) is 3.82. The number of H-pyrrole nitrogens is 1. The van der Waals surface area contributed by atoms with E-state index in [0.717, 1.165) is 10.9 Å². The Bertz CT molecular complexity index is 531. The van der Waals surface area contributed by atoms with Gasteiger partial charge in [0.15, 0.2) is 0 Å². The molecule has 0 fully saturated rings. The van der Waals surface area contributed by atoms with Crippen LogP contribution in [0.25, 0.3) is 10.9 Å². The van der Waals surface area contributed by atoms with E-state index in [4.69, 9.17) is 10.8 Å². The summed E-state index contributed by atoms with van der Waals surface area (Å²) in [5, 5.41) is 19.7. The summed E-state index contributed by atoms with van der Waals surface area (Å²) in [6, 6.07) is 4.80. The lowest BCUT2D eigenvalue weighted by Gasteiger charge is -2.08. The normalized spacial score (nSPS) is 12.8. The number of fused-ring (bicyclic) bond motifs is 1. The fraction of sp³-hybridized carbons (Fsp3) is 0.167. The standard InChI is InChI=1S/C12H14N2O2/c1-7(15)10(13)5-8-6-14-12-9(8)3-2-4-11(12)16/h2-4,6,10,14-16H,1,5,13H2. The third-order valence-electron chi connectivity index (χ3n) is 2.65. The van der Waals surface area contributed by atoms with E-state index in [0.29, 0.717) is 11.9 Å². The number of aromatic hydroxyl groups is 1. The lowest BCUT2D eigenvalue weighted by Crippen LogP contribution is -2.24. The molecule has 0 saturated carbocycles. The van der Waals surface area contributed by atoms with Crippen LogP contribution in [0.5, 0.6) is 5.75 Å². The minimum absolute atomic E-state index is 0.0329. The van der Waals surface area contributed by atoms with E-state index in [1.807, 2.05) is 6.07 Å². The fourth-order valence-corrected chi connectivity index (χ4v) is 1.72. The molecule has 4 nitrogen and oxygen atoms in total. The molecule has 0 aliphatic heterocycles. The molecule has 1 aromatic carbocycles. The van der Waals surface area contributed by atoms with E-state index in [-0.39, 0.29) is 11.5 Å². The predicted octanol–water partition coefficient (Wildman–Crippen LogP) is 1.81. The van der Waals surface area contributed by atoms with Crippen molar-refractivity contribution in [3.05, 3.63) is 42.3 Å². The van der Waals surface area contributed by atoms with Crippen LogP contribution in [0.1, 0.15) is 5.56 Å². The van der Waals surface area contributed by atoms with E-state index in [1.165, 1.54) is 0 Å². The monoisotopic (exact) mass is 218 g/mol. The number of aromatic nitrogens is 1. The number of para-hydroxylation sites is 1. The topological polar surface area (TPSA) is 82.3 Å². The molecule has 0 saturated heterocycles. The number of aromatic amines is 1. The zero-order valence-electron chi connectivity index (χ0n) is 8.77. The van der Waals surface area contributed by atoms with Gasteiger partial charge in [-0.3, -0.25) is 0 Å². The Morgan fingerprint density at radius 2 is 2.25 bits per heavy atom. The van der Waals surface area contributed by atoms with Crippen molar-refractivity contribution >= 4 is 10.9 Å². The molecule has 4 heteroatoms. The Hall–Kier alpha value is -1.94. The first-order valence-corrected chi connectivity index (χ1v) is 5.01. The molecule has 0 aliphatic rings. The molecule has 0 spiro atoms. The van der Waals surface area contributed by atoms with Gasteiger partial charge < -0.3 is 20.9 Å². The van der Waals surface area contributed by atoms with Gasteiger partial charge in [0.1, 0.15) is 11.5 Å². The number of hydrogen-bond donors (Lipinski definition) is 4. The maximum Gasteiger partial charge on any atom is 0.139 e. The van der Waals surface area contributed by atoms with Crippen LogP contribution >= 0.6 is 0 Å². The molecule has 1 aromatic heterocycles. The van der Waals surface area contributed by atoms with Crippen LogP contribution in [0.3, 0.4) is 0 Å². The van der Waals surface area contributed by atoms with Gasteiger partial charge in [-0.15, -0.1) is 0 Å². The fourth-order valence-electron chi connectivity index (χ4n) is 1.72. The summed E-state index contributed by atoms with van der Waals surface area (Å²) in [5.74, 6) is 0.176. The number of phenolic OH excluding ortho intramolecular Hbond substituents is 1. The third kappa shape index (κ3) is 1.75. The van der Waals surface area contributed by atoms with Crippen molar-refractivity contribution in [2.45, 2.75) is 12.5 Å². The molecule has 5 N–H and O–H groups in total. The van der Waals surface area contributed by atoms with Crippen LogP contribution in [0.15, 0.2) is 36.7 Å². The van der Waals surface area contributed by atoms with Crippen LogP contribution in [0, 0.1) is 0 Å². The molecular weight excluding hydrogens is 204 g/mol. The van der Waals surface area contributed by atoms with E-state index in [2.05, 4.69) is 11.6 Å². The third-order valence-corrected chi connectivity index (χ3v) is 2.65. The lowest BCUT2D eigenvalue weighted by molar-refractivity contribution is 0.369. The Labute approximate surface area is 93.0 Å². The van der Waals surface area contributed by atoms with Gasteiger partial charge in [-0.25, -0.2) is 0 Å². The average molecular weight is 218 g/mol. The van der Waals surface area contributed by atoms with E-state index in [1.54, 1.807) is 18.3 Å². The lowest BCUT2D eigenvalue weighted by atomic mass is 10.0. The van der Waals surface area contributed by atoms with Crippen LogP contribution < -0.4 is 5.73 Å². The van der Waals surface area contributed by atoms with Gasteiger partial charge in [-0.2, -0.15) is 0 Å². The minimum Gasteiger partial charge on any atom is -0.511 e. The molecule has 0 bridgehead atoms. The summed E-state index contributed by atoms with van der Waals surface area (Å²) in [6.07, 6.45) is 2.27. The highest BCUT2D eigenvalue weighted by molar-refractivity contribution is 5.88. The first kappa shape index (κ1) is 10.6. The number of nitrogens with one attached hydrogen (secondary N) is 1. The smallest absolute Gasteiger partial charge is 0.139 e. The molecule has 1 heterocycles. The SMILES string of the molecule is C=C(O)C(N)Cc1c[nH]c2c(O)cccc12. The maximum atomic E-state index is 9.60. The highest BCUT2D eigenvalue weighted by atomic mass is 16.3. The van der Waals surface area contributed by atoms with Crippen molar-refractivity contribution in [1.29, 1.82) is 0 Å². The molecule has 2 aromatic rings. The van der Waals surface area contributed by atoms with Crippen molar-refractivity contribution in [2.24, 2.45) is 5.73 Å². The van der Waals surface area contributed by atoms with Gasteiger partial charge in [0, 0.05) is 11.6 Å². The van der Waals surface area contributed by atoms with Crippen molar-refractivity contribution in [3.63, 3.8) is 0 Å². The number of hydrogen-bond acceptors (Lipinski definition) is 3. The van der Waals surface area contributed by atoms with Crippen molar-refractivity contribution in [2.75, 3.05) is 0 Å². The molecule has 0 aliphatic carbocycles. The molecule has 1 unspecified atom stereocenters. The quantitative estimate of drug-likeness (QED) is 0.593. The van der Waals surface area contributed by atoms with Crippen molar-refractivity contribution in [1.82, 2.24) is 4.98 Å². The summed E-state index contributed by atoms with van der Waals surface area (Å²) in [4.78, 5) is 2.98. The molecule has 1 atom stereocenters. The molecular formula is C12H14N2O2. The van der Waals surface area contributed by atoms with Crippen LogP contribution in [-0.2, 0) is 6.42 Å². The first-order valence-electron chi connectivity index (χ1n) is 5.01. The van der Waals surface area contributed by atoms with Gasteiger partial charge in [0.05, 0.1) is 11.6 Å². The Morgan fingerprint density at radius 1 is 1.50 bits per heavy atom. The second kappa shape index (κ2) is 3.90. The van der Waals surface area contributed by atoms with Crippen LogP contribution in [0.2, 0.25) is 0 Å². The first-order chi connectivity index (χ1) is 7.59. The molecule has 2 rings (SSSR count). The van der Waals surface area contributed by atoms with Crippen molar-refractivity contribution in [3.8, 4) is 5.75 Å². The van der Waals surface area contributed by atoms with Gasteiger partial charge in [0.2, 0.25) is 0 Å². The van der Waals surface area contributed by atoms with E-state index >= 15 is 0 Å². The zero-order chi connectivity index (χ0) is 11.7. The van der Waals surface area contributed by atoms with Gasteiger partial charge in [-0.1, -0.05) is 18.7 Å². The number of benzene rings is 1. The molecule has 16 heavy (non-hydrogen) atoms. The molecule has 84 valence electrons. The zero-order valence-corrected chi connectivity index (χ0v) is 8.77. The Kier molecular flexibility index (Phi) is 2.58. The Morgan fingerprint density at radius 3 is 2.94 bits per heavy atom. The maximum absolute atomic E-state index is 9.60. The minimum atomic E-state index is -0.485. The molecule has 0 amide bonds. The number of aliphatic hydroxyl groups excluding tert-OH is 1. The van der Waals surface area contributed by atoms with Crippen molar-refractivity contribution < 1.29 is 10.2 Å². The second-order valence-corrected chi connectivity index (χ2v) is 3.82. The highest BCUT2D eigenvalue weighted by Crippen LogP contribution is 2.26. The largest absolute Gasteiger partial charge is 0.511 e. The number of phenols is 1. The van der Waals surface area contributed by atoms with Gasteiger partial charge in [-0.05, 0) is 18.1 Å². The van der Waals surface area contributed by atoms with Gasteiger partial charge >= 0.3 is 0 Å². The summed E-state index contributed by atoms with van der Waals surface area (Å²) in [5.41, 5.74) is 7.35. The summed E-state index contributed by atoms with van der Waals surface area (Å²) in [6.45, 7) is 3.40. The van der Waals surface area contributed by atoms with E-state index < -0.39 is 6.04 Å². The number of aliphatic hydroxyl groups is 1. The van der Waals surface area contributed by atoms with E-state index in [9.17, 15) is 5.11 Å². The van der Waals surface area contributed by atoms with Crippen LogP contribution in [-0.4, -0.2) is 21.2 Å². The predicted molar refractivity (Wildman–Crippen MR) is 63.4 cm³/mol. The summed E-state index contributed by atoms with van der Waals surface area (Å²) < 4.78 is 0. The summed E-state index contributed by atoms with van der Waals surface area (Å²) in [7, 11) is 0.